The number of piperazine rings is 1. The lowest BCUT2D eigenvalue weighted by molar-refractivity contribution is -0.137. The number of hydrogen-bond acceptors (Lipinski definition) is 5. The quantitative estimate of drug-likeness (QED) is 0.457. The zero-order valence-electron chi connectivity index (χ0n) is 20.1. The third-order valence-electron chi connectivity index (χ3n) is 7.30. The number of anilines is 1. The van der Waals surface area contributed by atoms with Gasteiger partial charge in [0.2, 0.25) is 0 Å². The minimum atomic E-state index is -4.45. The molecule has 0 N–H and O–H groups in total. The average molecular weight is 480 g/mol. The third-order valence-corrected chi connectivity index (χ3v) is 7.30. The molecular formula is C26H36F3N3O2. The molecule has 8 heteroatoms. The number of benzene rings is 1. The fraction of sp³-hybridized carbons (Fsp3) is 0.692. The van der Waals surface area contributed by atoms with Crippen LogP contribution >= 0.6 is 0 Å². The number of halogens is 3. The van der Waals surface area contributed by atoms with Crippen LogP contribution in [-0.2, 0) is 15.7 Å². The maximum atomic E-state index is 13.2. The first-order valence-electron chi connectivity index (χ1n) is 12.4. The highest BCUT2D eigenvalue weighted by molar-refractivity contribution is 5.79. The zero-order chi connectivity index (χ0) is 24.6. The van der Waals surface area contributed by atoms with E-state index in [9.17, 15) is 18.0 Å². The van der Waals surface area contributed by atoms with Crippen LogP contribution < -0.4 is 4.90 Å². The van der Waals surface area contributed by atoms with Crippen molar-refractivity contribution in [3.05, 3.63) is 29.3 Å². The van der Waals surface area contributed by atoms with Gasteiger partial charge in [-0.05, 0) is 49.4 Å². The van der Waals surface area contributed by atoms with Crippen LogP contribution in [0.5, 0.6) is 0 Å². The van der Waals surface area contributed by atoms with Crippen molar-refractivity contribution in [2.45, 2.75) is 57.5 Å². The molecule has 1 aliphatic heterocycles. The van der Waals surface area contributed by atoms with Crippen molar-refractivity contribution in [1.29, 1.82) is 5.26 Å². The summed E-state index contributed by atoms with van der Waals surface area (Å²) in [4.78, 5) is 15.9. The average Bonchev–Trinajstić information content (AvgIpc) is 2.83. The minimum Gasteiger partial charge on any atom is -0.377 e. The maximum Gasteiger partial charge on any atom is 0.416 e. The smallest absolute Gasteiger partial charge is 0.377 e. The second-order valence-electron chi connectivity index (χ2n) is 9.75. The van der Waals surface area contributed by atoms with Gasteiger partial charge in [-0.3, -0.25) is 9.69 Å². The van der Waals surface area contributed by atoms with E-state index in [1.165, 1.54) is 32.1 Å². The van der Waals surface area contributed by atoms with Crippen LogP contribution in [0.3, 0.4) is 0 Å². The number of methoxy groups -OCH3 is 1. The number of carbonyl (C=O) groups excluding carboxylic acids is 1. The summed E-state index contributed by atoms with van der Waals surface area (Å²) in [5.41, 5.74) is -0.237. The van der Waals surface area contributed by atoms with E-state index in [1.54, 1.807) is 13.2 Å². The van der Waals surface area contributed by atoms with E-state index in [1.807, 2.05) is 11.0 Å². The van der Waals surface area contributed by atoms with Gasteiger partial charge in [0.15, 0.2) is 5.78 Å². The first-order chi connectivity index (χ1) is 16.3. The fourth-order valence-corrected chi connectivity index (χ4v) is 5.25. The molecule has 0 atom stereocenters. The number of rotatable bonds is 10. The van der Waals surface area contributed by atoms with Gasteiger partial charge in [0.05, 0.1) is 17.2 Å². The van der Waals surface area contributed by atoms with Gasteiger partial charge in [-0.15, -0.1) is 0 Å². The zero-order valence-corrected chi connectivity index (χ0v) is 20.1. The van der Waals surface area contributed by atoms with Gasteiger partial charge >= 0.3 is 6.18 Å². The number of Topliss-reactive ketones (excluding diaryl/α,β-unsaturated/α-hetero) is 1. The molecule has 188 valence electrons. The SMILES string of the molecule is COCC(=O)CCC[C@H]1CC[C@H](CCN2CCN(c3cc(C#N)cc(C(F)(F)F)c3)CC2)CC1. The maximum absolute atomic E-state index is 13.2. The summed E-state index contributed by atoms with van der Waals surface area (Å²) in [6.07, 6.45) is 4.41. The van der Waals surface area contributed by atoms with Gasteiger partial charge in [0.25, 0.3) is 0 Å². The number of nitriles is 1. The molecule has 0 unspecified atom stereocenters. The molecule has 0 aromatic heterocycles. The molecule has 3 rings (SSSR count). The minimum absolute atomic E-state index is 0.0458. The molecule has 0 spiro atoms. The van der Waals surface area contributed by atoms with Crippen molar-refractivity contribution >= 4 is 11.5 Å². The van der Waals surface area contributed by atoms with Gasteiger partial charge in [-0.2, -0.15) is 18.4 Å². The van der Waals surface area contributed by atoms with Crippen molar-refractivity contribution in [2.24, 2.45) is 11.8 Å². The van der Waals surface area contributed by atoms with Crippen LogP contribution in [0.2, 0.25) is 0 Å². The number of nitrogens with zero attached hydrogens (tertiary/aromatic N) is 3. The van der Waals surface area contributed by atoms with Gasteiger partial charge in [0, 0.05) is 45.4 Å². The molecule has 1 aromatic rings. The summed E-state index contributed by atoms with van der Waals surface area (Å²) in [5, 5.41) is 9.12. The first kappa shape index (κ1) is 26.5. The Bertz CT molecular complexity index is 837. The molecule has 1 aromatic carbocycles. The topological polar surface area (TPSA) is 56.6 Å². The molecule has 5 nitrogen and oxygen atoms in total. The van der Waals surface area contributed by atoms with Crippen LogP contribution in [0.1, 0.15) is 62.5 Å². The lowest BCUT2D eigenvalue weighted by Crippen LogP contribution is -2.47. The van der Waals surface area contributed by atoms with Gasteiger partial charge in [-0.1, -0.05) is 32.1 Å². The summed E-state index contributed by atoms with van der Waals surface area (Å²) in [6, 6.07) is 5.47. The Morgan fingerprint density at radius 1 is 1.06 bits per heavy atom. The first-order valence-corrected chi connectivity index (χ1v) is 12.4. The van der Waals surface area contributed by atoms with Crippen molar-refractivity contribution in [2.75, 3.05) is 51.3 Å². The predicted molar refractivity (Wildman–Crippen MR) is 126 cm³/mol. The van der Waals surface area contributed by atoms with Crippen LogP contribution in [0.15, 0.2) is 18.2 Å². The molecule has 1 heterocycles. The van der Waals surface area contributed by atoms with Crippen LogP contribution in [0.25, 0.3) is 0 Å². The standard InChI is InChI=1S/C26H36F3N3O2/c1-34-19-25(33)4-2-3-20-5-7-21(8-6-20)9-10-31-11-13-32(14-12-31)24-16-22(18-30)15-23(17-24)26(27,28)29/h15-17,20-21H,2-14,19H2,1H3/t20-,21-. The van der Waals surface area contributed by atoms with Gasteiger partial charge in [-0.25, -0.2) is 0 Å². The number of hydrogen-bond donors (Lipinski definition) is 0. The molecule has 0 amide bonds. The Morgan fingerprint density at radius 2 is 1.71 bits per heavy atom. The monoisotopic (exact) mass is 479 g/mol. The molecule has 1 saturated carbocycles. The van der Waals surface area contributed by atoms with Gasteiger partial charge < -0.3 is 9.64 Å². The molecule has 34 heavy (non-hydrogen) atoms. The second-order valence-corrected chi connectivity index (χ2v) is 9.75. The van der Waals surface area contributed by atoms with E-state index in [0.29, 0.717) is 25.2 Å². The van der Waals surface area contributed by atoms with Crippen molar-refractivity contribution in [1.82, 2.24) is 4.90 Å². The fourth-order valence-electron chi connectivity index (χ4n) is 5.25. The van der Waals surface area contributed by atoms with Crippen LogP contribution in [0.4, 0.5) is 18.9 Å². The van der Waals surface area contributed by atoms with Crippen molar-refractivity contribution in [3.8, 4) is 6.07 Å². The van der Waals surface area contributed by atoms with Crippen molar-refractivity contribution in [3.63, 3.8) is 0 Å². The van der Waals surface area contributed by atoms with Crippen LogP contribution in [-0.4, -0.2) is 57.1 Å². The lowest BCUT2D eigenvalue weighted by Gasteiger charge is -2.37. The highest BCUT2D eigenvalue weighted by Gasteiger charge is 2.32. The Kier molecular flexibility index (Phi) is 9.78. The molecule has 2 aliphatic rings. The Balaban J connectivity index is 1.37. The summed E-state index contributed by atoms with van der Waals surface area (Å²) in [7, 11) is 1.56. The molecule has 0 bridgehead atoms. The molecule has 1 aliphatic carbocycles. The molecule has 0 radical (unpaired) electrons. The van der Waals surface area contributed by atoms with Crippen molar-refractivity contribution < 1.29 is 22.7 Å². The van der Waals surface area contributed by atoms with Gasteiger partial charge in [0.1, 0.15) is 6.61 Å². The summed E-state index contributed by atoms with van der Waals surface area (Å²) < 4.78 is 44.4. The van der Waals surface area contributed by atoms with E-state index in [0.717, 1.165) is 56.4 Å². The number of ether oxygens (including phenoxy) is 1. The van der Waals surface area contributed by atoms with E-state index < -0.39 is 11.7 Å². The molecular weight excluding hydrogens is 443 g/mol. The van der Waals surface area contributed by atoms with E-state index in [-0.39, 0.29) is 18.0 Å². The lowest BCUT2D eigenvalue weighted by atomic mass is 9.78. The van der Waals surface area contributed by atoms with E-state index >= 15 is 0 Å². The third kappa shape index (κ3) is 7.99. The summed E-state index contributed by atoms with van der Waals surface area (Å²) in [5.74, 6) is 1.67. The van der Waals surface area contributed by atoms with E-state index in [4.69, 9.17) is 10.00 Å². The predicted octanol–water partition coefficient (Wildman–Crippen LogP) is 5.28. The number of alkyl halides is 3. The number of ketones is 1. The highest BCUT2D eigenvalue weighted by Crippen LogP contribution is 2.35. The Hall–Kier alpha value is -2.11. The highest BCUT2D eigenvalue weighted by atomic mass is 19.4. The molecule has 2 fully saturated rings. The van der Waals surface area contributed by atoms with E-state index in [2.05, 4.69) is 4.90 Å². The number of carbonyl (C=O) groups is 1. The summed E-state index contributed by atoms with van der Waals surface area (Å²) in [6.45, 7) is 4.23. The second kappa shape index (κ2) is 12.6. The molecule has 1 saturated heterocycles. The largest absolute Gasteiger partial charge is 0.416 e. The van der Waals surface area contributed by atoms with Crippen LogP contribution in [0, 0.1) is 23.2 Å². The normalized spacial score (nSPS) is 21.9. The Morgan fingerprint density at radius 3 is 2.29 bits per heavy atom. The Labute approximate surface area is 200 Å². The summed E-state index contributed by atoms with van der Waals surface area (Å²) >= 11 is 0.